The van der Waals surface area contributed by atoms with Gasteiger partial charge in [0, 0.05) is 60.3 Å². The summed E-state index contributed by atoms with van der Waals surface area (Å²) in [6.07, 6.45) is 2.00. The van der Waals surface area contributed by atoms with Crippen LogP contribution >= 0.6 is 68.0 Å². The molecule has 4 atom stereocenters. The second-order valence-corrected chi connectivity index (χ2v) is 25.0. The van der Waals surface area contributed by atoms with Gasteiger partial charge in [-0.3, -0.25) is 33.6 Å². The van der Waals surface area contributed by atoms with Crippen LogP contribution in [0.5, 0.6) is 0 Å². The highest BCUT2D eigenvalue weighted by Gasteiger charge is 2.34. The zero-order valence-corrected chi connectivity index (χ0v) is 50.4. The summed E-state index contributed by atoms with van der Waals surface area (Å²) < 4.78 is 11.4. The Bertz CT molecular complexity index is 3680. The maximum absolute atomic E-state index is 14.3. The average molecular weight is 1240 g/mol. The van der Waals surface area contributed by atoms with Crippen molar-refractivity contribution in [3.8, 4) is 42.5 Å². The van der Waals surface area contributed by atoms with E-state index in [9.17, 15) is 33.6 Å². The Labute approximate surface area is 499 Å². The molecular weight excluding hydrogens is 1180 g/mol. The molecule has 10 bridgehead atoms. The molecule has 8 heterocycles. The Hall–Kier alpha value is -7.64. The van der Waals surface area contributed by atoms with Crippen molar-refractivity contribution in [3.05, 3.63) is 112 Å². The van der Waals surface area contributed by atoms with Crippen LogP contribution in [0.2, 0.25) is 0 Å². The number of amides is 6. The number of hydrogen-bond acceptors (Lipinski definition) is 23. The number of hydrogen-bond donors (Lipinski definition) is 7. The quantitative estimate of drug-likeness (QED) is 0.0401. The van der Waals surface area contributed by atoms with Crippen LogP contribution in [0.3, 0.4) is 0 Å². The molecule has 0 saturated heterocycles. The molecule has 8 aromatic rings. The molecule has 29 heteroatoms. The molecule has 1 aromatic carbocycles. The van der Waals surface area contributed by atoms with Crippen LogP contribution in [0.4, 0.5) is 5.82 Å². The minimum absolute atomic E-state index is 0.00695. The van der Waals surface area contributed by atoms with Crippen LogP contribution in [-0.4, -0.2) is 104 Å². The summed E-state index contributed by atoms with van der Waals surface area (Å²) in [5.74, 6) is -3.57. The molecule has 432 valence electrons. The van der Waals surface area contributed by atoms with Crippen LogP contribution in [-0.2, 0) is 35.3 Å². The first-order valence-electron chi connectivity index (χ1n) is 25.9. The van der Waals surface area contributed by atoms with Crippen molar-refractivity contribution in [1.82, 2.24) is 61.5 Å². The average Bonchev–Trinajstić information content (AvgIpc) is 4.52. The summed E-state index contributed by atoms with van der Waals surface area (Å²) >= 11 is 7.25. The van der Waals surface area contributed by atoms with Gasteiger partial charge in [0.05, 0.1) is 52.8 Å². The number of anilines is 1. The Morgan fingerprint density at radius 3 is 2.25 bits per heavy atom. The van der Waals surface area contributed by atoms with Crippen LogP contribution in [0.1, 0.15) is 132 Å². The van der Waals surface area contributed by atoms with Gasteiger partial charge in [-0.2, -0.15) is 0 Å². The van der Waals surface area contributed by atoms with Gasteiger partial charge in [0.2, 0.25) is 17.7 Å². The van der Waals surface area contributed by atoms with Gasteiger partial charge in [0.25, 0.3) is 17.7 Å². The van der Waals surface area contributed by atoms with Gasteiger partial charge in [-0.05, 0) is 49.9 Å². The summed E-state index contributed by atoms with van der Waals surface area (Å²) in [5.41, 5.74) is 8.16. The molecule has 0 fully saturated rings. The number of pyridine rings is 1. The highest BCUT2D eigenvalue weighted by atomic mass is 32.1. The molecule has 0 spiro atoms. The third-order valence-electron chi connectivity index (χ3n) is 12.6. The number of carbonyl (C=O) groups is 7. The van der Waals surface area contributed by atoms with E-state index in [1.807, 2.05) is 19.9 Å². The van der Waals surface area contributed by atoms with E-state index >= 15 is 0 Å². The number of aryl methyl sites for hydroxylation is 1. The fourth-order valence-corrected chi connectivity index (χ4v) is 14.2. The lowest BCUT2D eigenvalue weighted by atomic mass is 10.0. The summed E-state index contributed by atoms with van der Waals surface area (Å²) in [4.78, 5) is 131. The van der Waals surface area contributed by atoms with Crippen LogP contribution < -0.4 is 37.6 Å². The molecule has 9 rings (SSSR count). The van der Waals surface area contributed by atoms with Gasteiger partial charge < -0.3 is 47.1 Å². The topological polar surface area (TPSA) is 326 Å². The Balaban J connectivity index is 1.14. The van der Waals surface area contributed by atoms with Gasteiger partial charge in [-0.15, -0.1) is 68.0 Å². The molecule has 8 N–H and O–H groups in total. The lowest BCUT2D eigenvalue weighted by Gasteiger charge is -2.26. The molecule has 23 nitrogen and oxygen atoms in total. The molecule has 1 aliphatic rings. The molecule has 1 aliphatic heterocycles. The molecule has 83 heavy (non-hydrogen) atoms. The third-order valence-corrected chi connectivity index (χ3v) is 18.5. The van der Waals surface area contributed by atoms with Crippen LogP contribution in [0.15, 0.2) is 64.8 Å². The van der Waals surface area contributed by atoms with Crippen molar-refractivity contribution >= 4 is 115 Å². The van der Waals surface area contributed by atoms with Crippen molar-refractivity contribution in [1.29, 1.82) is 0 Å². The van der Waals surface area contributed by atoms with Gasteiger partial charge in [-0.1, -0.05) is 44.2 Å². The molecule has 0 unspecified atom stereocenters. The number of methoxy groups -OCH3 is 1. The van der Waals surface area contributed by atoms with E-state index in [4.69, 9.17) is 45.1 Å². The second kappa shape index (κ2) is 27.2. The lowest BCUT2D eigenvalue weighted by molar-refractivity contribution is -0.149. The molecule has 0 saturated carbocycles. The number of benzene rings is 1. The van der Waals surface area contributed by atoms with Crippen LogP contribution in [0, 0.1) is 12.8 Å². The minimum Gasteiger partial charge on any atom is -0.455 e. The van der Waals surface area contributed by atoms with E-state index in [0.717, 1.165) is 11.3 Å². The zero-order valence-electron chi connectivity index (χ0n) is 45.5. The first-order valence-corrected chi connectivity index (χ1v) is 31.0. The number of rotatable bonds is 14. The van der Waals surface area contributed by atoms with Crippen molar-refractivity contribution in [2.24, 2.45) is 11.7 Å². The second-order valence-electron chi connectivity index (χ2n) is 19.0. The zero-order chi connectivity index (χ0) is 58.9. The number of aromatic nitrogens is 7. The highest BCUT2D eigenvalue weighted by molar-refractivity contribution is 7.19. The minimum atomic E-state index is -1.07. The number of esters is 1. The fourth-order valence-electron chi connectivity index (χ4n) is 8.57. The molecule has 0 aliphatic carbocycles. The van der Waals surface area contributed by atoms with Gasteiger partial charge in [-0.25, -0.2) is 34.9 Å². The molecule has 0 radical (unpaired) electrons. The first kappa shape index (κ1) is 60.0. The summed E-state index contributed by atoms with van der Waals surface area (Å²) in [6, 6.07) is 9.69. The number of carbonyl (C=O) groups excluding carboxylic acids is 7. The highest BCUT2D eigenvalue weighted by Crippen LogP contribution is 2.42. The maximum Gasteiger partial charge on any atom is 0.303 e. The van der Waals surface area contributed by atoms with Crippen molar-refractivity contribution in [2.75, 3.05) is 32.6 Å². The number of unbranched alkanes of at least 4 members (excludes halogenated alkanes) is 1. The monoisotopic (exact) mass is 1240 g/mol. The molecule has 6 amide bonds. The number of nitrogens with two attached hydrogens (primary N) is 1. The van der Waals surface area contributed by atoms with Crippen molar-refractivity contribution in [3.63, 3.8) is 0 Å². The smallest absolute Gasteiger partial charge is 0.303 e. The van der Waals surface area contributed by atoms with E-state index in [0.29, 0.717) is 105 Å². The predicted octanol–water partition coefficient (Wildman–Crippen LogP) is 7.95. The fraction of sp³-hybridized carbons (Fsp3) is 0.333. The number of nitrogens with zero attached hydrogens (tertiary/aromatic N) is 7. The first-order chi connectivity index (χ1) is 40.0. The van der Waals surface area contributed by atoms with E-state index < -0.39 is 66.3 Å². The Morgan fingerprint density at radius 1 is 0.735 bits per heavy atom. The van der Waals surface area contributed by atoms with Gasteiger partial charge >= 0.3 is 5.97 Å². The summed E-state index contributed by atoms with van der Waals surface area (Å²) in [6.45, 7) is 6.69. The normalized spacial score (nSPS) is 16.3. The lowest BCUT2D eigenvalue weighted by Crippen LogP contribution is -2.41. The van der Waals surface area contributed by atoms with E-state index in [1.165, 1.54) is 77.8 Å². The molecular formula is C54H56N14O9S6. The Kier molecular flexibility index (Phi) is 19.6. The Morgan fingerprint density at radius 2 is 1.51 bits per heavy atom. The maximum atomic E-state index is 14.3. The predicted molar refractivity (Wildman–Crippen MR) is 318 cm³/mol. The van der Waals surface area contributed by atoms with Gasteiger partial charge in [0.15, 0.2) is 6.10 Å². The number of nitrogens with one attached hydrogen (secondary N) is 6. The third kappa shape index (κ3) is 14.4. The number of ether oxygens (including phenoxy) is 2. The summed E-state index contributed by atoms with van der Waals surface area (Å²) in [5, 5.41) is 24.6. The number of fused-ring (bicyclic) bond motifs is 14. The van der Waals surface area contributed by atoms with Gasteiger partial charge in [0.1, 0.15) is 64.7 Å². The molecule has 7 aromatic heterocycles. The van der Waals surface area contributed by atoms with Crippen LogP contribution in [0.25, 0.3) is 42.5 Å². The van der Waals surface area contributed by atoms with E-state index in [2.05, 4.69) is 36.9 Å². The van der Waals surface area contributed by atoms with Crippen molar-refractivity contribution in [2.45, 2.75) is 84.2 Å². The van der Waals surface area contributed by atoms with E-state index in [1.54, 1.807) is 65.7 Å². The number of thiazole rings is 6. The van der Waals surface area contributed by atoms with E-state index in [-0.39, 0.29) is 41.9 Å². The standard InChI is InChI=1S/C54H56N14O9S6/c1-25(2)40-54-68-43(35(83-54)21-76-6)47(74)57-20-39(72)65-44(45(77-27(4)69)28-12-8-7-9-13-28)53-62-33(23-79-53)50-58-19-34(82-50)42-29(15-16-30(59-42)51-64-36(24-80-51)63-37(70)14-10-11-17-55)49-61-32(22-78-49)46(73)60-31(18-38(71)56-5)52-67-41(26(3)81-52)48(75)66-40/h7-9,12-13,15-16,19,22-25,31,40,44-45H,10-11,14,17-18,20-21,55H2,1-6H3,(H,56,71)(H,57,74)(H,60,73)(H,63,70)(H,65,72)(H,66,75)/t31-,40-,44-,45-/m0/s1. The largest absolute Gasteiger partial charge is 0.455 e. The SMILES string of the molecule is CNC(=O)C[C@@H]1NC(=O)c2csc(n2)-c2ccc(-c3nc(NC(=O)CCCCN)cs3)nc2-c2cnc(s2)-c2csc(n2)[C@H]([C@@H](OC(C)=O)c2ccccc2)NC(=O)CNC(=O)c2nc(sc2COC)[C@H](C(C)C)NC(=O)c2nc1sc2C. The van der Waals surface area contributed by atoms with Crippen molar-refractivity contribution < 1.29 is 43.0 Å². The summed E-state index contributed by atoms with van der Waals surface area (Å²) in [7, 11) is 2.94.